The third-order valence-electron chi connectivity index (χ3n) is 14.3. The van der Waals surface area contributed by atoms with Gasteiger partial charge >= 0.3 is 39.5 Å². The fourth-order valence-corrected chi connectivity index (χ4v) is 10.5. The topological polar surface area (TPSA) is 237 Å². The maximum Gasteiger partial charge on any atom is 0.472 e. The summed E-state index contributed by atoms with van der Waals surface area (Å²) in [5, 5.41) is 10.6. The molecule has 0 fully saturated rings. The lowest BCUT2D eigenvalue weighted by Crippen LogP contribution is -2.30. The van der Waals surface area contributed by atoms with Gasteiger partial charge in [-0.2, -0.15) is 0 Å². The number of aliphatic hydroxyl groups excluding tert-OH is 1. The van der Waals surface area contributed by atoms with Crippen molar-refractivity contribution in [2.24, 2.45) is 0 Å². The molecule has 0 aliphatic heterocycles. The molecule has 0 heterocycles. The molecule has 0 rings (SSSR count). The number of hydrogen-bond acceptors (Lipinski definition) is 15. The molecular formula is C77H126O17P2. The molecule has 3 N–H and O–H groups in total. The first kappa shape index (κ1) is 90.9. The summed E-state index contributed by atoms with van der Waals surface area (Å²) >= 11 is 0. The van der Waals surface area contributed by atoms with Crippen molar-refractivity contribution in [3.05, 3.63) is 146 Å². The maximum atomic E-state index is 13.0. The third kappa shape index (κ3) is 67.5. The quantitative estimate of drug-likeness (QED) is 0.0169. The Morgan fingerprint density at radius 3 is 1.00 bits per heavy atom. The normalized spacial score (nSPS) is 14.9. The maximum absolute atomic E-state index is 13.0. The Kier molecular flexibility index (Phi) is 64.9. The standard InChI is InChI=1S/C77H126O17P2/c1-5-9-13-17-21-25-29-32-34-35-37-40-43-46-50-54-58-62-75(80)88-68-73(94-77(82)64-60-56-52-48-44-38-31-27-23-19-15-11-7-3)70-92-96(85,86)90-66-71(78)65-89-95(83,84)91-69-72(93-76(81)63-59-55-51-47-41-28-24-20-16-12-8-4)67-87-74(79)61-57-53-49-45-42-39-36-33-30-26-22-18-14-10-6-2/h9-10,13-15,19,21-22,25-27,31-34,36-37,40,42,45-46,50,53,57,71-73,78H,5-8,11-12,16-18,20,23-24,28-30,35,38-39,41,43-44,47-49,51-52,54-56,58-70H2,1-4H3,(H,83,84)(H,85,86)/b13-9-,14-10-,19-15-,25-21-,26-22-,31-27-,34-32-,36-33-,40-37-,45-42-,50-46-,57-53-. The summed E-state index contributed by atoms with van der Waals surface area (Å²) in [5.41, 5.74) is 0. The molecule has 0 saturated heterocycles. The first-order valence-electron chi connectivity index (χ1n) is 36.1. The molecule has 0 aliphatic rings. The van der Waals surface area contributed by atoms with E-state index in [9.17, 15) is 43.2 Å². The molecule has 0 aromatic carbocycles. The molecule has 0 saturated carbocycles. The zero-order chi connectivity index (χ0) is 70.4. The van der Waals surface area contributed by atoms with E-state index in [4.69, 9.17) is 37.0 Å². The number of hydrogen-bond donors (Lipinski definition) is 3. The molecule has 0 aromatic rings. The first-order chi connectivity index (χ1) is 46.7. The molecule has 0 radical (unpaired) electrons. The van der Waals surface area contributed by atoms with E-state index in [1.165, 1.54) is 38.5 Å². The number of esters is 4. The molecule has 0 aliphatic carbocycles. The van der Waals surface area contributed by atoms with E-state index in [2.05, 4.69) is 137 Å². The van der Waals surface area contributed by atoms with Crippen molar-refractivity contribution >= 4 is 39.5 Å². The van der Waals surface area contributed by atoms with Gasteiger partial charge in [0.15, 0.2) is 12.2 Å². The van der Waals surface area contributed by atoms with Crippen LogP contribution in [0.15, 0.2) is 146 Å². The van der Waals surface area contributed by atoms with E-state index >= 15 is 0 Å². The van der Waals surface area contributed by atoms with E-state index in [0.717, 1.165) is 135 Å². The smallest absolute Gasteiger partial charge is 0.462 e. The molecule has 5 unspecified atom stereocenters. The van der Waals surface area contributed by atoms with Gasteiger partial charge in [0.1, 0.15) is 19.3 Å². The predicted octanol–water partition coefficient (Wildman–Crippen LogP) is 20.3. The number of carbonyl (C=O) groups is 4. The van der Waals surface area contributed by atoms with Crippen molar-refractivity contribution in [3.8, 4) is 0 Å². The second-order valence-corrected chi connectivity index (χ2v) is 26.3. The molecule has 17 nitrogen and oxygen atoms in total. The summed E-state index contributed by atoms with van der Waals surface area (Å²) in [6.45, 7) is 4.34. The fraction of sp³-hybridized carbons (Fsp3) is 0.636. The van der Waals surface area contributed by atoms with Crippen molar-refractivity contribution in [2.45, 2.75) is 277 Å². The highest BCUT2D eigenvalue weighted by Crippen LogP contribution is 2.45. The Labute approximate surface area is 579 Å². The second kappa shape index (κ2) is 68.5. The van der Waals surface area contributed by atoms with Crippen molar-refractivity contribution in [2.75, 3.05) is 39.6 Å². The Morgan fingerprint density at radius 2 is 0.615 bits per heavy atom. The predicted molar refractivity (Wildman–Crippen MR) is 390 cm³/mol. The molecule has 19 heteroatoms. The van der Waals surface area contributed by atoms with Gasteiger partial charge in [-0.05, 0) is 116 Å². The van der Waals surface area contributed by atoms with Gasteiger partial charge in [0, 0.05) is 19.3 Å². The molecule has 0 bridgehead atoms. The lowest BCUT2D eigenvalue weighted by Gasteiger charge is -2.21. The highest BCUT2D eigenvalue weighted by atomic mass is 31.2. The van der Waals surface area contributed by atoms with E-state index in [-0.39, 0.29) is 25.7 Å². The molecule has 0 spiro atoms. The molecular weight excluding hydrogens is 1260 g/mol. The molecule has 0 amide bonds. The number of unbranched alkanes of at least 4 members (excludes halogenated alkanes) is 17. The van der Waals surface area contributed by atoms with Crippen LogP contribution in [0.4, 0.5) is 0 Å². The minimum absolute atomic E-state index is 0.0603. The van der Waals surface area contributed by atoms with E-state index in [0.29, 0.717) is 32.1 Å². The third-order valence-corrected chi connectivity index (χ3v) is 16.2. The minimum Gasteiger partial charge on any atom is -0.462 e. The molecule has 96 heavy (non-hydrogen) atoms. The van der Waals surface area contributed by atoms with E-state index < -0.39 is 97.5 Å². The van der Waals surface area contributed by atoms with Crippen LogP contribution >= 0.6 is 15.6 Å². The van der Waals surface area contributed by atoms with Gasteiger partial charge in [0.25, 0.3) is 0 Å². The number of allylic oxidation sites excluding steroid dienone is 23. The van der Waals surface area contributed by atoms with Crippen LogP contribution < -0.4 is 0 Å². The Balaban J connectivity index is 5.45. The lowest BCUT2D eigenvalue weighted by molar-refractivity contribution is -0.161. The minimum atomic E-state index is -5.00. The zero-order valence-corrected chi connectivity index (χ0v) is 61.0. The van der Waals surface area contributed by atoms with Crippen molar-refractivity contribution in [3.63, 3.8) is 0 Å². The summed E-state index contributed by atoms with van der Waals surface area (Å²) in [6, 6.07) is 0. The van der Waals surface area contributed by atoms with Crippen molar-refractivity contribution in [1.82, 2.24) is 0 Å². The van der Waals surface area contributed by atoms with Crippen LogP contribution in [0.25, 0.3) is 0 Å². The molecule has 0 aromatic heterocycles. The fourth-order valence-electron chi connectivity index (χ4n) is 8.89. The van der Waals surface area contributed by atoms with Crippen LogP contribution in [0, 0.1) is 0 Å². The van der Waals surface area contributed by atoms with Crippen LogP contribution in [0.2, 0.25) is 0 Å². The highest BCUT2D eigenvalue weighted by molar-refractivity contribution is 7.47. The summed E-state index contributed by atoms with van der Waals surface area (Å²) in [4.78, 5) is 72.6. The number of aliphatic hydroxyl groups is 1. The monoisotopic (exact) mass is 1380 g/mol. The highest BCUT2D eigenvalue weighted by Gasteiger charge is 2.30. The first-order valence-corrected chi connectivity index (χ1v) is 39.1. The van der Waals surface area contributed by atoms with Gasteiger partial charge in [-0.25, -0.2) is 9.13 Å². The van der Waals surface area contributed by atoms with Gasteiger partial charge in [-0.1, -0.05) is 263 Å². The summed E-state index contributed by atoms with van der Waals surface area (Å²) in [6.07, 6.45) is 76.1. The van der Waals surface area contributed by atoms with Crippen molar-refractivity contribution < 1.29 is 80.2 Å². The van der Waals surface area contributed by atoms with E-state index in [1.54, 1.807) is 6.08 Å². The van der Waals surface area contributed by atoms with Crippen LogP contribution in [0.1, 0.15) is 259 Å². The number of rotatable bonds is 66. The van der Waals surface area contributed by atoms with Crippen LogP contribution in [-0.2, 0) is 65.4 Å². The number of phosphoric acid groups is 2. The summed E-state index contributed by atoms with van der Waals surface area (Å²) in [7, 11) is -9.99. The van der Waals surface area contributed by atoms with Gasteiger partial charge in [0.2, 0.25) is 0 Å². The largest absolute Gasteiger partial charge is 0.472 e. The van der Waals surface area contributed by atoms with Crippen LogP contribution in [0.3, 0.4) is 0 Å². The number of phosphoric ester groups is 2. The summed E-state index contributed by atoms with van der Waals surface area (Å²) < 4.78 is 68.1. The van der Waals surface area contributed by atoms with Crippen LogP contribution in [-0.4, -0.2) is 96.7 Å². The Hall–Kier alpha value is -5.06. The molecule has 5 atom stereocenters. The Bertz CT molecular complexity index is 2400. The summed E-state index contributed by atoms with van der Waals surface area (Å²) in [5.74, 6) is -2.42. The van der Waals surface area contributed by atoms with Gasteiger partial charge in [-0.15, -0.1) is 0 Å². The van der Waals surface area contributed by atoms with Gasteiger partial charge < -0.3 is 33.8 Å². The number of carbonyl (C=O) groups excluding carboxylic acids is 4. The Morgan fingerprint density at radius 1 is 0.312 bits per heavy atom. The zero-order valence-electron chi connectivity index (χ0n) is 59.2. The SMILES string of the molecule is CC/C=C\C/C=C\C/C=C\C/C=C\C/C=C\CCCC(=O)OCC(COP(=O)(O)OCC(O)COP(=O)(O)OCC(COC(=O)C/C=C\C/C=C\C/C=C\C/C=C\C/C=C\CC)OC(=O)CCCCCCCCCCCCC)OC(=O)CCCCCCC/C=C\C/C=C\CCC. The average Bonchev–Trinajstić information content (AvgIpc) is 1.17. The van der Waals surface area contributed by atoms with Crippen LogP contribution in [0.5, 0.6) is 0 Å². The lowest BCUT2D eigenvalue weighted by atomic mass is 10.1. The van der Waals surface area contributed by atoms with Gasteiger partial charge in [0.05, 0.1) is 32.8 Å². The molecule has 546 valence electrons. The van der Waals surface area contributed by atoms with Gasteiger partial charge in [-0.3, -0.25) is 37.3 Å². The van der Waals surface area contributed by atoms with E-state index in [1.807, 2.05) is 30.4 Å². The second-order valence-electron chi connectivity index (χ2n) is 23.4. The van der Waals surface area contributed by atoms with Crippen molar-refractivity contribution in [1.29, 1.82) is 0 Å². The average molecular weight is 1390 g/mol. The number of ether oxygens (including phenoxy) is 4.